The molecule has 6 heteroatoms. The van der Waals surface area contributed by atoms with Crippen molar-refractivity contribution in [2.45, 2.75) is 70.5 Å². The highest BCUT2D eigenvalue weighted by Crippen LogP contribution is 2.37. The molecule has 1 aliphatic carbocycles. The van der Waals surface area contributed by atoms with Crippen LogP contribution in [0.4, 0.5) is 4.79 Å². The fourth-order valence-electron chi connectivity index (χ4n) is 4.43. The van der Waals surface area contributed by atoms with Crippen molar-refractivity contribution in [3.05, 3.63) is 0 Å². The molecule has 0 spiro atoms. The van der Waals surface area contributed by atoms with Gasteiger partial charge in [0.05, 0.1) is 5.60 Å². The van der Waals surface area contributed by atoms with Crippen LogP contribution in [0.25, 0.3) is 0 Å². The monoisotopic (exact) mass is 352 g/mol. The van der Waals surface area contributed by atoms with Gasteiger partial charge in [-0.05, 0) is 46.5 Å². The van der Waals surface area contributed by atoms with E-state index >= 15 is 0 Å². The first-order valence-corrected chi connectivity index (χ1v) is 9.67. The quantitative estimate of drug-likeness (QED) is 0.787. The normalized spacial score (nSPS) is 31.0. The number of carbonyl (C=O) groups is 2. The Morgan fingerprint density at radius 1 is 1.04 bits per heavy atom. The predicted molar refractivity (Wildman–Crippen MR) is 94.0 cm³/mol. The largest absolute Gasteiger partial charge is 0.444 e. The topological polar surface area (TPSA) is 70.1 Å². The van der Waals surface area contributed by atoms with Gasteiger partial charge in [-0.15, -0.1) is 0 Å². The zero-order valence-electron chi connectivity index (χ0n) is 15.8. The van der Waals surface area contributed by atoms with Crippen LogP contribution in [0.5, 0.6) is 0 Å². The molecule has 1 N–H and O–H groups in total. The number of likely N-dealkylation sites (tertiary alicyclic amines) is 2. The van der Waals surface area contributed by atoms with Crippen LogP contribution in [0.1, 0.15) is 59.3 Å². The summed E-state index contributed by atoms with van der Waals surface area (Å²) in [5.41, 5.74) is -1.28. The van der Waals surface area contributed by atoms with Crippen molar-refractivity contribution in [1.29, 1.82) is 0 Å². The maximum Gasteiger partial charge on any atom is 0.410 e. The number of nitrogens with zero attached hydrogens (tertiary/aromatic N) is 2. The molecule has 2 saturated heterocycles. The summed E-state index contributed by atoms with van der Waals surface area (Å²) in [6.07, 6.45) is 5.12. The van der Waals surface area contributed by atoms with E-state index in [0.29, 0.717) is 39.0 Å². The smallest absolute Gasteiger partial charge is 0.410 e. The Hall–Kier alpha value is -1.30. The van der Waals surface area contributed by atoms with Gasteiger partial charge in [0.1, 0.15) is 5.60 Å². The lowest BCUT2D eigenvalue weighted by Crippen LogP contribution is -2.62. The van der Waals surface area contributed by atoms with Gasteiger partial charge < -0.3 is 19.6 Å². The van der Waals surface area contributed by atoms with E-state index in [1.165, 1.54) is 0 Å². The highest BCUT2D eigenvalue weighted by atomic mass is 16.6. The van der Waals surface area contributed by atoms with Crippen LogP contribution in [-0.2, 0) is 9.53 Å². The third-order valence-corrected chi connectivity index (χ3v) is 5.94. The molecule has 0 aromatic heterocycles. The highest BCUT2D eigenvalue weighted by molar-refractivity contribution is 5.79. The molecular formula is C19H32N2O4. The van der Waals surface area contributed by atoms with Crippen molar-refractivity contribution >= 4 is 12.0 Å². The molecule has 25 heavy (non-hydrogen) atoms. The number of amides is 2. The number of ether oxygens (including phenoxy) is 1. The van der Waals surface area contributed by atoms with E-state index in [1.54, 1.807) is 4.90 Å². The van der Waals surface area contributed by atoms with Gasteiger partial charge in [-0.1, -0.05) is 12.8 Å². The van der Waals surface area contributed by atoms with Crippen LogP contribution in [-0.4, -0.2) is 64.3 Å². The first kappa shape index (κ1) is 18.5. The summed E-state index contributed by atoms with van der Waals surface area (Å²) in [4.78, 5) is 28.7. The molecule has 3 fully saturated rings. The number of hydrogen-bond donors (Lipinski definition) is 1. The van der Waals surface area contributed by atoms with Gasteiger partial charge in [0.2, 0.25) is 5.91 Å². The van der Waals surface area contributed by atoms with Crippen molar-refractivity contribution in [3.63, 3.8) is 0 Å². The SMILES string of the molecule is CC(C)(C)OC(=O)N1CC[C@]2(O)CCN(C(=O)C3CCCC3)C[C@@H]2C1. The van der Waals surface area contributed by atoms with Crippen molar-refractivity contribution in [3.8, 4) is 0 Å². The summed E-state index contributed by atoms with van der Waals surface area (Å²) in [5, 5.41) is 11.0. The third kappa shape index (κ3) is 4.10. The Morgan fingerprint density at radius 2 is 1.60 bits per heavy atom. The lowest BCUT2D eigenvalue weighted by atomic mass is 9.75. The average Bonchev–Trinajstić information content (AvgIpc) is 3.05. The summed E-state index contributed by atoms with van der Waals surface area (Å²) in [7, 11) is 0. The van der Waals surface area contributed by atoms with Gasteiger partial charge in [-0.2, -0.15) is 0 Å². The number of hydrogen-bond acceptors (Lipinski definition) is 4. The van der Waals surface area contributed by atoms with Crippen molar-refractivity contribution in [2.75, 3.05) is 26.2 Å². The Balaban J connectivity index is 1.63. The molecule has 1 saturated carbocycles. The molecule has 0 aromatic carbocycles. The third-order valence-electron chi connectivity index (χ3n) is 5.94. The minimum absolute atomic E-state index is 0.0899. The molecule has 0 radical (unpaired) electrons. The van der Waals surface area contributed by atoms with E-state index in [-0.39, 0.29) is 23.8 Å². The molecule has 0 bridgehead atoms. The van der Waals surface area contributed by atoms with Crippen LogP contribution in [0, 0.1) is 11.8 Å². The van der Waals surface area contributed by atoms with Gasteiger partial charge in [0.25, 0.3) is 0 Å². The van der Waals surface area contributed by atoms with Gasteiger partial charge >= 0.3 is 6.09 Å². The Bertz CT molecular complexity index is 524. The zero-order valence-corrected chi connectivity index (χ0v) is 15.8. The number of piperidine rings is 2. The van der Waals surface area contributed by atoms with E-state index in [2.05, 4.69) is 0 Å². The van der Waals surface area contributed by atoms with Crippen LogP contribution in [0.2, 0.25) is 0 Å². The van der Waals surface area contributed by atoms with Crippen molar-refractivity contribution in [2.24, 2.45) is 11.8 Å². The summed E-state index contributed by atoms with van der Waals surface area (Å²) < 4.78 is 5.47. The second-order valence-electron chi connectivity index (χ2n) is 8.99. The fraction of sp³-hybridized carbons (Fsp3) is 0.895. The van der Waals surface area contributed by atoms with Crippen molar-refractivity contribution < 1.29 is 19.4 Å². The fourth-order valence-corrected chi connectivity index (χ4v) is 4.43. The number of rotatable bonds is 1. The van der Waals surface area contributed by atoms with Crippen LogP contribution in [0.15, 0.2) is 0 Å². The molecule has 0 aromatic rings. The number of carbonyl (C=O) groups excluding carboxylic acids is 2. The van der Waals surface area contributed by atoms with Crippen molar-refractivity contribution in [1.82, 2.24) is 9.80 Å². The van der Waals surface area contributed by atoms with Crippen LogP contribution in [0.3, 0.4) is 0 Å². The molecule has 3 rings (SSSR count). The number of aliphatic hydroxyl groups is 1. The van der Waals surface area contributed by atoms with E-state index in [0.717, 1.165) is 25.7 Å². The van der Waals surface area contributed by atoms with E-state index in [1.807, 2.05) is 25.7 Å². The average molecular weight is 352 g/mol. The Morgan fingerprint density at radius 3 is 2.20 bits per heavy atom. The predicted octanol–water partition coefficient (Wildman–Crippen LogP) is 2.40. The lowest BCUT2D eigenvalue weighted by Gasteiger charge is -2.50. The molecule has 0 unspecified atom stereocenters. The lowest BCUT2D eigenvalue weighted by molar-refractivity contribution is -0.149. The zero-order chi connectivity index (χ0) is 18.2. The summed E-state index contributed by atoms with van der Waals surface area (Å²) >= 11 is 0. The molecule has 2 aliphatic heterocycles. The van der Waals surface area contributed by atoms with Gasteiger partial charge in [0.15, 0.2) is 0 Å². The van der Waals surface area contributed by atoms with Gasteiger partial charge in [-0.25, -0.2) is 4.79 Å². The van der Waals surface area contributed by atoms with E-state index in [4.69, 9.17) is 4.74 Å². The van der Waals surface area contributed by atoms with Crippen LogP contribution < -0.4 is 0 Å². The Labute approximate surface area is 150 Å². The number of fused-ring (bicyclic) bond motifs is 1. The highest BCUT2D eigenvalue weighted by Gasteiger charge is 2.47. The maximum absolute atomic E-state index is 12.7. The van der Waals surface area contributed by atoms with Gasteiger partial charge in [0, 0.05) is 38.0 Å². The maximum atomic E-state index is 12.7. The first-order chi connectivity index (χ1) is 11.7. The minimum Gasteiger partial charge on any atom is -0.444 e. The Kier molecular flexibility index (Phi) is 5.02. The standard InChI is InChI=1S/C19H32N2O4/c1-18(2,3)25-17(23)21-11-9-19(24)8-10-20(12-15(19)13-21)16(22)14-6-4-5-7-14/h14-15,24H,4-13H2,1-3H3/t15-,19-/m1/s1. The van der Waals surface area contributed by atoms with Gasteiger partial charge in [-0.3, -0.25) is 4.79 Å². The minimum atomic E-state index is -0.759. The molecule has 3 aliphatic rings. The van der Waals surface area contributed by atoms with Crippen LogP contribution >= 0.6 is 0 Å². The first-order valence-electron chi connectivity index (χ1n) is 9.67. The molecular weight excluding hydrogens is 320 g/mol. The molecule has 2 heterocycles. The van der Waals surface area contributed by atoms with E-state index in [9.17, 15) is 14.7 Å². The molecule has 6 nitrogen and oxygen atoms in total. The second kappa shape index (κ2) is 6.78. The summed E-state index contributed by atoms with van der Waals surface area (Å²) in [6, 6.07) is 0. The van der Waals surface area contributed by atoms with E-state index < -0.39 is 11.2 Å². The molecule has 2 atom stereocenters. The summed E-state index contributed by atoms with van der Waals surface area (Å²) in [6.45, 7) is 7.72. The molecule has 2 amide bonds. The molecule has 142 valence electrons. The summed E-state index contributed by atoms with van der Waals surface area (Å²) in [5.74, 6) is 0.318. The second-order valence-corrected chi connectivity index (χ2v) is 8.99.